The number of hydrogen-bond acceptors (Lipinski definition) is 6. The fourth-order valence-electron chi connectivity index (χ4n) is 1.77. The van der Waals surface area contributed by atoms with E-state index >= 15 is 0 Å². The molecule has 2 atom stereocenters. The van der Waals surface area contributed by atoms with Crippen molar-refractivity contribution in [3.63, 3.8) is 0 Å². The molecule has 1 aromatic rings. The monoisotopic (exact) mass is 357 g/mol. The van der Waals surface area contributed by atoms with Crippen LogP contribution in [0.25, 0.3) is 10.4 Å². The number of azide groups is 1. The van der Waals surface area contributed by atoms with Crippen molar-refractivity contribution >= 4 is 30.0 Å². The van der Waals surface area contributed by atoms with Crippen molar-refractivity contribution < 1.29 is 19.4 Å². The van der Waals surface area contributed by atoms with Crippen molar-refractivity contribution in [2.75, 3.05) is 0 Å². The Kier molecular flexibility index (Phi) is 10.2. The van der Waals surface area contributed by atoms with Crippen LogP contribution in [0.5, 0.6) is 0 Å². The van der Waals surface area contributed by atoms with Crippen molar-refractivity contribution in [3.05, 3.63) is 40.3 Å². The van der Waals surface area contributed by atoms with Crippen LogP contribution in [0.2, 0.25) is 0 Å². The minimum absolute atomic E-state index is 0. The van der Waals surface area contributed by atoms with Crippen molar-refractivity contribution in [3.8, 4) is 0 Å². The van der Waals surface area contributed by atoms with E-state index in [1.165, 1.54) is 0 Å². The number of carbonyl (C=O) groups is 2. The van der Waals surface area contributed by atoms with E-state index in [1.807, 2.05) is 0 Å². The van der Waals surface area contributed by atoms with Crippen LogP contribution in [0.4, 0.5) is 5.69 Å². The first-order valence-corrected chi connectivity index (χ1v) is 6.98. The Morgan fingerprint density at radius 1 is 1.21 bits per heavy atom. The van der Waals surface area contributed by atoms with Gasteiger partial charge in [-0.1, -0.05) is 29.4 Å². The Morgan fingerprint density at radius 3 is 2.33 bits per heavy atom. The summed E-state index contributed by atoms with van der Waals surface area (Å²) in [4.78, 5) is 25.0. The van der Waals surface area contributed by atoms with Crippen LogP contribution in [-0.4, -0.2) is 29.1 Å². The normalized spacial score (nSPS) is 12.2. The molecule has 0 aliphatic carbocycles. The Balaban J connectivity index is 0.00000529. The quantitative estimate of drug-likeness (QED) is 0.264. The van der Waals surface area contributed by atoms with Gasteiger partial charge in [-0.05, 0) is 30.4 Å². The molecule has 0 aliphatic rings. The highest BCUT2D eigenvalue weighted by Gasteiger charge is 2.17. The van der Waals surface area contributed by atoms with E-state index in [0.29, 0.717) is 18.5 Å². The molecule has 0 saturated heterocycles. The van der Waals surface area contributed by atoms with Gasteiger partial charge in [0.05, 0.1) is 0 Å². The minimum Gasteiger partial charge on any atom is -0.480 e. The molecule has 24 heavy (non-hydrogen) atoms. The van der Waals surface area contributed by atoms with E-state index in [-0.39, 0.29) is 25.4 Å². The molecule has 0 spiro atoms. The number of esters is 1. The molecular formula is C14H20ClN5O4. The molecule has 0 aromatic heterocycles. The molecule has 0 heterocycles. The van der Waals surface area contributed by atoms with Crippen LogP contribution < -0.4 is 11.5 Å². The Labute approximate surface area is 145 Å². The van der Waals surface area contributed by atoms with Gasteiger partial charge in [0.15, 0.2) is 0 Å². The van der Waals surface area contributed by atoms with Gasteiger partial charge >= 0.3 is 11.9 Å². The first kappa shape index (κ1) is 21.7. The molecule has 0 radical (unpaired) electrons. The topological polar surface area (TPSA) is 164 Å². The summed E-state index contributed by atoms with van der Waals surface area (Å²) in [5, 5.41) is 12.1. The lowest BCUT2D eigenvalue weighted by atomic mass is 10.1. The van der Waals surface area contributed by atoms with Crippen molar-refractivity contribution in [1.82, 2.24) is 0 Å². The Hall–Kier alpha value is -2.32. The van der Waals surface area contributed by atoms with E-state index in [1.54, 1.807) is 24.3 Å². The minimum atomic E-state index is -1.08. The molecule has 1 unspecified atom stereocenters. The van der Waals surface area contributed by atoms with Gasteiger partial charge in [-0.3, -0.25) is 9.59 Å². The van der Waals surface area contributed by atoms with Gasteiger partial charge in [0.1, 0.15) is 18.7 Å². The maximum Gasteiger partial charge on any atom is 0.323 e. The van der Waals surface area contributed by atoms with Crippen molar-refractivity contribution in [2.24, 2.45) is 16.6 Å². The molecule has 0 amide bonds. The predicted molar refractivity (Wildman–Crippen MR) is 89.7 cm³/mol. The number of aliphatic carboxylic acids is 1. The first-order valence-electron chi connectivity index (χ1n) is 6.98. The lowest BCUT2D eigenvalue weighted by Crippen LogP contribution is -2.34. The number of nitrogens with zero attached hydrogens (tertiary/aromatic N) is 3. The van der Waals surface area contributed by atoms with Crippen LogP contribution in [0.3, 0.4) is 0 Å². The highest BCUT2D eigenvalue weighted by atomic mass is 35.5. The standard InChI is InChI=1S/C14H19N5O4.ClH/c15-11(13(20)21)2-1-3-12(16)14(22)23-8-9-4-6-10(7-5-9)18-19-17;/h4-7,11-12H,1-3,8,15-16H2,(H,20,21);1H/t11-,12?;/m0./s1. The Morgan fingerprint density at radius 2 is 1.79 bits per heavy atom. The number of nitrogens with two attached hydrogens (primary N) is 2. The molecule has 1 aromatic carbocycles. The highest BCUT2D eigenvalue weighted by Crippen LogP contribution is 2.14. The molecule has 5 N–H and O–H groups in total. The largest absolute Gasteiger partial charge is 0.480 e. The highest BCUT2D eigenvalue weighted by molar-refractivity contribution is 5.85. The van der Waals surface area contributed by atoms with E-state index in [0.717, 1.165) is 5.56 Å². The van der Waals surface area contributed by atoms with Gasteiger partial charge < -0.3 is 21.3 Å². The van der Waals surface area contributed by atoms with E-state index < -0.39 is 24.0 Å². The van der Waals surface area contributed by atoms with Crippen LogP contribution in [0, 0.1) is 0 Å². The molecule has 132 valence electrons. The van der Waals surface area contributed by atoms with Crippen molar-refractivity contribution in [1.29, 1.82) is 0 Å². The first-order chi connectivity index (χ1) is 10.9. The molecule has 0 fully saturated rings. The summed E-state index contributed by atoms with van der Waals surface area (Å²) >= 11 is 0. The van der Waals surface area contributed by atoms with Crippen LogP contribution >= 0.6 is 12.4 Å². The summed E-state index contributed by atoms with van der Waals surface area (Å²) < 4.78 is 5.08. The fourth-order valence-corrected chi connectivity index (χ4v) is 1.77. The summed E-state index contributed by atoms with van der Waals surface area (Å²) in [7, 11) is 0. The summed E-state index contributed by atoms with van der Waals surface area (Å²) in [5.41, 5.74) is 20.5. The summed E-state index contributed by atoms with van der Waals surface area (Å²) in [6, 6.07) is 4.79. The molecule has 0 bridgehead atoms. The number of halogens is 1. The fraction of sp³-hybridized carbons (Fsp3) is 0.429. The number of carboxylic acid groups (broad SMARTS) is 1. The smallest absolute Gasteiger partial charge is 0.323 e. The number of benzene rings is 1. The molecule has 10 heteroatoms. The average molecular weight is 358 g/mol. The molecule has 9 nitrogen and oxygen atoms in total. The van der Waals surface area contributed by atoms with Crippen LogP contribution in [-0.2, 0) is 20.9 Å². The summed E-state index contributed by atoms with van der Waals surface area (Å²) in [5.74, 6) is -1.64. The van der Waals surface area contributed by atoms with Gasteiger partial charge in [0, 0.05) is 10.6 Å². The van der Waals surface area contributed by atoms with Crippen LogP contribution in [0.15, 0.2) is 29.4 Å². The summed E-state index contributed by atoms with van der Waals surface area (Å²) in [6.45, 7) is 0.0533. The third-order valence-corrected chi connectivity index (χ3v) is 3.13. The van der Waals surface area contributed by atoms with Gasteiger partial charge in [0.25, 0.3) is 0 Å². The zero-order valence-corrected chi connectivity index (χ0v) is 13.7. The lowest BCUT2D eigenvalue weighted by Gasteiger charge is -2.12. The molecule has 1 rings (SSSR count). The molecular weight excluding hydrogens is 338 g/mol. The van der Waals surface area contributed by atoms with Gasteiger partial charge in [0.2, 0.25) is 0 Å². The zero-order valence-electron chi connectivity index (χ0n) is 12.9. The lowest BCUT2D eigenvalue weighted by molar-refractivity contribution is -0.146. The number of ether oxygens (including phenoxy) is 1. The summed E-state index contributed by atoms with van der Waals surface area (Å²) in [6.07, 6.45) is 0.970. The second-order valence-electron chi connectivity index (χ2n) is 4.95. The van der Waals surface area contributed by atoms with Crippen LogP contribution in [0.1, 0.15) is 24.8 Å². The maximum atomic E-state index is 11.7. The van der Waals surface area contributed by atoms with E-state index in [9.17, 15) is 9.59 Å². The number of carboxylic acids is 1. The van der Waals surface area contributed by atoms with Gasteiger partial charge in [-0.15, -0.1) is 12.4 Å². The second kappa shape index (κ2) is 11.3. The number of hydrogen-bond donors (Lipinski definition) is 3. The van der Waals surface area contributed by atoms with Crippen molar-refractivity contribution in [2.45, 2.75) is 38.0 Å². The predicted octanol–water partition coefficient (Wildman–Crippen LogP) is 2.00. The molecule has 0 aliphatic heterocycles. The van der Waals surface area contributed by atoms with Gasteiger partial charge in [-0.25, -0.2) is 0 Å². The Bertz CT molecular complexity index is 589. The maximum absolute atomic E-state index is 11.7. The molecule has 0 saturated carbocycles. The van der Waals surface area contributed by atoms with E-state index in [2.05, 4.69) is 10.0 Å². The average Bonchev–Trinajstić information content (AvgIpc) is 2.53. The number of rotatable bonds is 9. The number of carbonyl (C=O) groups excluding carboxylic acids is 1. The SMILES string of the molecule is Cl.[N-]=[N+]=Nc1ccc(COC(=O)C(N)CCC[C@H](N)C(=O)O)cc1. The van der Waals surface area contributed by atoms with Gasteiger partial charge in [-0.2, -0.15) is 0 Å². The zero-order chi connectivity index (χ0) is 17.2. The third kappa shape index (κ3) is 7.80. The second-order valence-corrected chi connectivity index (χ2v) is 4.95. The third-order valence-electron chi connectivity index (χ3n) is 3.13. The van der Waals surface area contributed by atoms with E-state index in [4.69, 9.17) is 26.8 Å².